The predicted octanol–water partition coefficient (Wildman–Crippen LogP) is -7.89. The Bertz CT molecular complexity index is 5780. The number of H-pyrrole nitrogens is 4. The highest BCUT2D eigenvalue weighted by molar-refractivity contribution is 7.46. The standard InChI is InChI=1S/C10H14N5O7P.C10H14N5O6P.C10H13N5O4.C10H13N5O3.C10H15N2O8P.C10H14N2O5/c11-10-13-8-7(9(17)14-10)12-3-15(8)6-1-4(16)5(22-6)2-21-23(18,19)20;11-9-8-10(13-3-12-9)15(4-14-8)7-1-5(16)6(21-7)2-20-22(17,18)19;11-10-13-8-7(9(18)14-10)12-3-15(8)6-1-4(17)5(2-16)19-6;11-9-8-10(13-3-12-9)15(4-14-8)7-1-5(17)6(2-16)18-7;1-5-3-12(10(15)11-9(5)14)8-2-6(13)7(20-8)4-19-21(16,17)18;1-5-3-12(10(16)11-9(5)15)8-2-6(14)7(4-13)17-8/h3-6,16H,1-2H2,(H2,18,19,20)(H3,11,13,14,17);3-7,16H,1-2H2,(H2,11,12,13)(H2,17,18,19);3-6,16-17H,1-2H2,(H3,11,13,14,18);3-7,16-17H,1-2H2,(H2,11,12,13);3,6-8,13H,2,4H2,1H3,(H,11,14,15)(H2,16,17,18);3,6-8,13-14H,2,4H2,1H3,(H,11,15,16)/t4-,5-,6-;5-,6-,7-;4-,5-,6-;5-,6-,7-;2*6-,7-,8-/m111111/s1. The molecule has 0 unspecified atom stereocenters. The highest BCUT2D eigenvalue weighted by Crippen LogP contribution is 2.42. The lowest BCUT2D eigenvalue weighted by Crippen LogP contribution is -2.33. The van der Waals surface area contributed by atoms with Crippen molar-refractivity contribution < 1.29 is 131 Å². The molecule has 0 aromatic carbocycles. The van der Waals surface area contributed by atoms with Gasteiger partial charge in [-0.25, -0.2) is 63.2 Å². The number of fused-ring (bicyclic) bond motifs is 4. The number of nitrogen functional groups attached to an aromatic ring is 4. The molecule has 0 spiro atoms. The number of hydrogen-bond donors (Lipinski definition) is 23. The zero-order chi connectivity index (χ0) is 87.3. The van der Waals surface area contributed by atoms with Crippen molar-refractivity contribution in [3.8, 4) is 0 Å². The van der Waals surface area contributed by atoms with E-state index in [0.717, 1.165) is 4.57 Å². The first-order valence-electron chi connectivity index (χ1n) is 35.5. The van der Waals surface area contributed by atoms with Crippen molar-refractivity contribution in [3.05, 3.63) is 124 Å². The third-order valence-corrected chi connectivity index (χ3v) is 20.3. The van der Waals surface area contributed by atoms with Crippen LogP contribution in [0.15, 0.2) is 79.1 Å². The Kier molecular flexibility index (Phi) is 28.8. The second-order valence-electron chi connectivity index (χ2n) is 27.2. The average molecular weight is 1760 g/mol. The Balaban J connectivity index is 0.000000141. The molecule has 6 aliphatic rings. The highest BCUT2D eigenvalue weighted by Gasteiger charge is 2.43. The number of nitrogens with two attached hydrogens (primary N) is 4. The molecule has 0 amide bonds. The first kappa shape index (κ1) is 90.8. The number of nitrogens with one attached hydrogen (secondary N) is 4. The molecule has 57 nitrogen and oxygen atoms in total. The molecule has 27 N–H and O–H groups in total. The van der Waals surface area contributed by atoms with Crippen LogP contribution in [-0.2, 0) is 55.7 Å². The van der Waals surface area contributed by atoms with Crippen molar-refractivity contribution in [2.75, 3.05) is 62.6 Å². The summed E-state index contributed by atoms with van der Waals surface area (Å²) in [6.45, 7) is 0.851. The monoisotopic (exact) mass is 1760 g/mol. The first-order valence-corrected chi connectivity index (χ1v) is 40.1. The summed E-state index contributed by atoms with van der Waals surface area (Å²) in [5, 5.41) is 85.7. The normalized spacial score (nSPS) is 26.7. The van der Waals surface area contributed by atoms with Crippen molar-refractivity contribution in [2.45, 2.75) is 163 Å². The maximum atomic E-state index is 11.7. The fraction of sp³-hybridized carbons (Fsp3) is 0.533. The molecule has 6 aliphatic heterocycles. The van der Waals surface area contributed by atoms with Crippen LogP contribution in [-0.4, -0.2) is 285 Å². The second kappa shape index (κ2) is 38.0. The molecular weight excluding hydrogens is 1680 g/mol. The van der Waals surface area contributed by atoms with Gasteiger partial charge in [0.1, 0.15) is 97.7 Å². The Morgan fingerprint density at radius 2 is 0.633 bits per heavy atom. The number of aromatic nitrogens is 20. The van der Waals surface area contributed by atoms with E-state index in [1.807, 2.05) is 0 Å². The highest BCUT2D eigenvalue weighted by atomic mass is 31.2. The number of imidazole rings is 4. The largest absolute Gasteiger partial charge is 0.469 e. The Hall–Kier alpha value is -9.91. The minimum Gasteiger partial charge on any atom is -0.394 e. The number of nitrogens with zero attached hydrogens (tertiary/aromatic N) is 16. The van der Waals surface area contributed by atoms with Crippen molar-refractivity contribution >= 4 is 91.7 Å². The van der Waals surface area contributed by atoms with Gasteiger partial charge in [-0.2, -0.15) is 9.97 Å². The summed E-state index contributed by atoms with van der Waals surface area (Å²) in [4.78, 5) is 170. The van der Waals surface area contributed by atoms with Gasteiger partial charge < -0.3 is 127 Å². The average Bonchev–Trinajstić information content (AvgIpc) is 1.69. The van der Waals surface area contributed by atoms with Gasteiger partial charge in [-0.05, 0) is 13.8 Å². The minimum absolute atomic E-state index is 0.0171. The van der Waals surface area contributed by atoms with Crippen LogP contribution in [0, 0.1) is 13.8 Å². The summed E-state index contributed by atoms with van der Waals surface area (Å²) in [6, 6.07) is 0. The number of aliphatic hydroxyl groups excluding tert-OH is 9. The molecule has 60 heteroatoms. The number of ether oxygens (including phenoxy) is 6. The van der Waals surface area contributed by atoms with Crippen molar-refractivity contribution in [3.63, 3.8) is 0 Å². The number of rotatable bonds is 18. The number of hydrogen-bond acceptors (Lipinski definition) is 41. The molecule has 0 saturated carbocycles. The maximum absolute atomic E-state index is 11.7. The molecule has 16 rings (SSSR count). The van der Waals surface area contributed by atoms with Crippen molar-refractivity contribution in [2.24, 2.45) is 0 Å². The fourth-order valence-electron chi connectivity index (χ4n) is 12.8. The topological polar surface area (TPSA) is 866 Å². The van der Waals surface area contributed by atoms with Crippen LogP contribution in [0.5, 0.6) is 0 Å². The summed E-state index contributed by atoms with van der Waals surface area (Å²) < 4.78 is 86.3. The van der Waals surface area contributed by atoms with Gasteiger partial charge in [0.15, 0.2) is 45.3 Å². The first-order chi connectivity index (χ1) is 56.6. The van der Waals surface area contributed by atoms with Crippen LogP contribution in [0.2, 0.25) is 0 Å². The number of anilines is 4. The lowest BCUT2D eigenvalue weighted by Gasteiger charge is -2.16. The molecule has 120 heavy (non-hydrogen) atoms. The van der Waals surface area contributed by atoms with E-state index in [-0.39, 0.29) is 92.0 Å². The molecule has 656 valence electrons. The van der Waals surface area contributed by atoms with Crippen LogP contribution in [0.4, 0.5) is 23.5 Å². The van der Waals surface area contributed by atoms with Gasteiger partial charge in [-0.15, -0.1) is 0 Å². The molecule has 10 aromatic heterocycles. The quantitative estimate of drug-likeness (QED) is 0.0355. The predicted molar refractivity (Wildman–Crippen MR) is 399 cm³/mol. The number of phosphoric ester groups is 3. The maximum Gasteiger partial charge on any atom is 0.469 e. The van der Waals surface area contributed by atoms with E-state index in [1.54, 1.807) is 22.4 Å². The van der Waals surface area contributed by atoms with E-state index < -0.39 is 188 Å². The Morgan fingerprint density at radius 3 is 0.908 bits per heavy atom. The van der Waals surface area contributed by atoms with Crippen molar-refractivity contribution in [1.29, 1.82) is 0 Å². The smallest absolute Gasteiger partial charge is 0.394 e. The molecule has 0 radical (unpaired) electrons. The zero-order valence-electron chi connectivity index (χ0n) is 62.4. The van der Waals surface area contributed by atoms with Crippen LogP contribution in [0.25, 0.3) is 44.7 Å². The molecule has 18 atom stereocenters. The zero-order valence-corrected chi connectivity index (χ0v) is 65.0. The van der Waals surface area contributed by atoms with Crippen LogP contribution in [0.3, 0.4) is 0 Å². The Labute approximate surface area is 667 Å². The summed E-state index contributed by atoms with van der Waals surface area (Å²) >= 11 is 0. The lowest BCUT2D eigenvalue weighted by molar-refractivity contribution is -0.0459. The second-order valence-corrected chi connectivity index (χ2v) is 30.9. The van der Waals surface area contributed by atoms with Gasteiger partial charge in [0.25, 0.3) is 22.2 Å². The Morgan fingerprint density at radius 1 is 0.375 bits per heavy atom. The molecule has 6 fully saturated rings. The number of aromatic amines is 4. The SMILES string of the molecule is Cc1cn([C@H]2C[C@@H](O)[C@@H](CO)O2)c(=O)[nH]c1=O.Cc1cn([C@H]2C[C@@H](O)[C@@H](COP(=O)(O)O)O2)c(=O)[nH]c1=O.Nc1nc2c(ncn2[C@H]2C[C@@H](O)[C@@H](CO)O2)c(=O)[nH]1.Nc1nc2c(ncn2[C@H]2C[C@@H](O)[C@@H](COP(=O)(O)O)O2)c(=O)[nH]1.Nc1ncnc2c1ncn2[C@H]1C[C@@H](O)[C@@H](CO)O1.Nc1ncnc2c1ncn2[C@H]1C[C@@H](O)[C@@H](COP(=O)(O)O)O1. The molecule has 0 bridgehead atoms. The van der Waals surface area contributed by atoms with Crippen LogP contribution >= 0.6 is 23.5 Å². The number of aliphatic hydroxyl groups is 9. The molecule has 16 heterocycles. The third-order valence-electron chi connectivity index (χ3n) is 18.8. The van der Waals surface area contributed by atoms with E-state index in [4.69, 9.17) is 96.0 Å². The van der Waals surface area contributed by atoms with Gasteiger partial charge in [-0.1, -0.05) is 0 Å². The fourth-order valence-corrected chi connectivity index (χ4v) is 13.9. The summed E-state index contributed by atoms with van der Waals surface area (Å²) in [5.41, 5.74) is 22.5. The van der Waals surface area contributed by atoms with E-state index >= 15 is 0 Å². The summed E-state index contributed by atoms with van der Waals surface area (Å²) in [5.74, 6) is 0.417. The molecular formula is C60H83N24O33P3. The van der Waals surface area contributed by atoms with Gasteiger partial charge in [0, 0.05) is 62.0 Å². The third kappa shape index (κ3) is 21.9. The van der Waals surface area contributed by atoms with Gasteiger partial charge >= 0.3 is 34.8 Å². The van der Waals surface area contributed by atoms with Gasteiger partial charge in [-0.3, -0.25) is 80.1 Å². The van der Waals surface area contributed by atoms with Gasteiger partial charge in [0.05, 0.1) is 102 Å². The van der Waals surface area contributed by atoms with E-state index in [0.29, 0.717) is 45.7 Å². The molecule has 10 aromatic rings. The summed E-state index contributed by atoms with van der Waals surface area (Å²) in [7, 11) is -13.9. The number of phosphoric acid groups is 3. The van der Waals surface area contributed by atoms with Crippen LogP contribution in [0.1, 0.15) is 87.0 Å². The van der Waals surface area contributed by atoms with Gasteiger partial charge in [0.2, 0.25) is 11.9 Å². The lowest BCUT2D eigenvalue weighted by atomic mass is 10.2. The molecule has 0 aliphatic carbocycles. The summed E-state index contributed by atoms with van der Waals surface area (Å²) in [6.07, 6.45) is -1.54. The van der Waals surface area contributed by atoms with E-state index in [9.17, 15) is 73.1 Å². The van der Waals surface area contributed by atoms with E-state index in [1.165, 1.54) is 64.7 Å². The number of aryl methyl sites for hydroxylation is 2. The van der Waals surface area contributed by atoms with Crippen LogP contribution < -0.4 is 56.6 Å². The molecule has 6 saturated heterocycles. The minimum atomic E-state index is -4.67. The van der Waals surface area contributed by atoms with Crippen molar-refractivity contribution in [1.82, 2.24) is 97.2 Å². The van der Waals surface area contributed by atoms with E-state index in [2.05, 4.69) is 83.3 Å².